The zero-order valence-corrected chi connectivity index (χ0v) is 15.8. The van der Waals surface area contributed by atoms with Gasteiger partial charge in [-0.05, 0) is 56.1 Å². The monoisotopic (exact) mass is 377 g/mol. The van der Waals surface area contributed by atoms with Gasteiger partial charge in [0.15, 0.2) is 0 Å². The highest BCUT2D eigenvalue weighted by atomic mass is 35.5. The molecule has 0 unspecified atom stereocenters. The SMILES string of the molecule is CN(C)CCN(Cc1cccc(C#N)c1)S(=O)(=O)c1ccc(Cl)cc1. The summed E-state index contributed by atoms with van der Waals surface area (Å²) in [5, 5.41) is 9.52. The minimum atomic E-state index is -3.67. The molecule has 7 heteroatoms. The lowest BCUT2D eigenvalue weighted by molar-refractivity contribution is 0.329. The van der Waals surface area contributed by atoms with Gasteiger partial charge in [0, 0.05) is 24.7 Å². The molecule has 0 aromatic heterocycles. The van der Waals surface area contributed by atoms with Gasteiger partial charge in [0.1, 0.15) is 0 Å². The fraction of sp³-hybridized carbons (Fsp3) is 0.278. The Morgan fingerprint density at radius 3 is 2.36 bits per heavy atom. The van der Waals surface area contributed by atoms with Crippen molar-refractivity contribution >= 4 is 21.6 Å². The highest BCUT2D eigenvalue weighted by molar-refractivity contribution is 7.89. The first-order chi connectivity index (χ1) is 11.8. The van der Waals surface area contributed by atoms with E-state index in [9.17, 15) is 8.42 Å². The first kappa shape index (κ1) is 19.4. The van der Waals surface area contributed by atoms with E-state index in [1.807, 2.05) is 25.1 Å². The Balaban J connectivity index is 2.34. The van der Waals surface area contributed by atoms with Gasteiger partial charge in [0.2, 0.25) is 10.0 Å². The summed E-state index contributed by atoms with van der Waals surface area (Å²) in [5.41, 5.74) is 1.28. The fourth-order valence-corrected chi connectivity index (χ4v) is 3.84. The molecule has 5 nitrogen and oxygen atoms in total. The quantitative estimate of drug-likeness (QED) is 0.744. The van der Waals surface area contributed by atoms with Gasteiger partial charge in [0.05, 0.1) is 16.5 Å². The number of likely N-dealkylation sites (N-methyl/N-ethyl adjacent to an activating group) is 1. The zero-order valence-electron chi connectivity index (χ0n) is 14.2. The molecule has 2 aromatic carbocycles. The Hall–Kier alpha value is -1.91. The lowest BCUT2D eigenvalue weighted by Gasteiger charge is -2.24. The zero-order chi connectivity index (χ0) is 18.4. The number of nitriles is 1. The van der Waals surface area contributed by atoms with E-state index < -0.39 is 10.0 Å². The molecule has 0 radical (unpaired) electrons. The summed E-state index contributed by atoms with van der Waals surface area (Å²) in [6, 6.07) is 15.2. The van der Waals surface area contributed by atoms with Crippen LogP contribution in [0.2, 0.25) is 5.02 Å². The maximum absolute atomic E-state index is 13.0. The molecule has 0 atom stereocenters. The first-order valence-electron chi connectivity index (χ1n) is 7.72. The summed E-state index contributed by atoms with van der Waals surface area (Å²) in [6.07, 6.45) is 0. The Morgan fingerprint density at radius 1 is 1.08 bits per heavy atom. The summed E-state index contributed by atoms with van der Waals surface area (Å²) < 4.78 is 27.5. The van der Waals surface area contributed by atoms with Crippen LogP contribution in [0.15, 0.2) is 53.4 Å². The summed E-state index contributed by atoms with van der Waals surface area (Å²) >= 11 is 5.86. The van der Waals surface area contributed by atoms with E-state index in [0.717, 1.165) is 5.56 Å². The van der Waals surface area contributed by atoms with E-state index in [2.05, 4.69) is 6.07 Å². The van der Waals surface area contributed by atoms with Gasteiger partial charge in [-0.1, -0.05) is 23.7 Å². The molecule has 0 heterocycles. The third-order valence-corrected chi connectivity index (χ3v) is 5.77. The van der Waals surface area contributed by atoms with Gasteiger partial charge in [-0.3, -0.25) is 0 Å². The van der Waals surface area contributed by atoms with Gasteiger partial charge in [-0.25, -0.2) is 8.42 Å². The summed E-state index contributed by atoms with van der Waals surface area (Å²) in [7, 11) is 0.118. The smallest absolute Gasteiger partial charge is 0.243 e. The summed E-state index contributed by atoms with van der Waals surface area (Å²) in [4.78, 5) is 2.13. The second kappa shape index (κ2) is 8.45. The third-order valence-electron chi connectivity index (χ3n) is 3.66. The molecule has 2 rings (SSSR count). The van der Waals surface area contributed by atoms with Gasteiger partial charge in [-0.15, -0.1) is 0 Å². The third kappa shape index (κ3) is 5.28. The average Bonchev–Trinajstić information content (AvgIpc) is 2.58. The minimum Gasteiger partial charge on any atom is -0.308 e. The first-order valence-corrected chi connectivity index (χ1v) is 9.54. The highest BCUT2D eigenvalue weighted by Crippen LogP contribution is 2.20. The number of nitrogens with zero attached hydrogens (tertiary/aromatic N) is 3. The van der Waals surface area contributed by atoms with Crippen molar-refractivity contribution < 1.29 is 8.42 Å². The molecule has 0 N–H and O–H groups in total. The van der Waals surface area contributed by atoms with Crippen LogP contribution in [0.25, 0.3) is 0 Å². The molecule has 132 valence electrons. The Bertz CT molecular complexity index is 859. The van der Waals surface area contributed by atoms with Crippen LogP contribution in [0.3, 0.4) is 0 Å². The van der Waals surface area contributed by atoms with Crippen molar-refractivity contribution in [1.29, 1.82) is 5.26 Å². The van der Waals surface area contributed by atoms with Crippen molar-refractivity contribution in [2.45, 2.75) is 11.4 Å². The predicted molar refractivity (Wildman–Crippen MR) is 98.8 cm³/mol. The molecular weight excluding hydrogens is 358 g/mol. The van der Waals surface area contributed by atoms with Crippen LogP contribution < -0.4 is 0 Å². The maximum atomic E-state index is 13.0. The maximum Gasteiger partial charge on any atom is 0.243 e. The number of halogens is 1. The van der Waals surface area contributed by atoms with Crippen molar-refractivity contribution in [1.82, 2.24) is 9.21 Å². The van der Waals surface area contributed by atoms with Crippen LogP contribution in [-0.2, 0) is 16.6 Å². The Kier molecular flexibility index (Phi) is 6.57. The second-order valence-electron chi connectivity index (χ2n) is 5.91. The van der Waals surface area contributed by atoms with Gasteiger partial charge in [0.25, 0.3) is 0 Å². The molecule has 0 aliphatic heterocycles. The molecule has 0 saturated carbocycles. The standard InChI is InChI=1S/C18H20ClN3O2S/c1-21(2)10-11-22(14-16-5-3-4-15(12-16)13-20)25(23,24)18-8-6-17(19)7-9-18/h3-9,12H,10-11,14H2,1-2H3. The van der Waals surface area contributed by atoms with Crippen molar-refractivity contribution in [3.05, 3.63) is 64.7 Å². The minimum absolute atomic E-state index is 0.201. The summed E-state index contributed by atoms with van der Waals surface area (Å²) in [5.74, 6) is 0. The number of hydrogen-bond donors (Lipinski definition) is 0. The van der Waals surface area contributed by atoms with E-state index in [1.165, 1.54) is 16.4 Å². The molecule has 0 spiro atoms. The highest BCUT2D eigenvalue weighted by Gasteiger charge is 2.24. The van der Waals surface area contributed by atoms with Crippen molar-refractivity contribution in [3.8, 4) is 6.07 Å². The normalized spacial score (nSPS) is 11.7. The van der Waals surface area contributed by atoms with Gasteiger partial charge >= 0.3 is 0 Å². The topological polar surface area (TPSA) is 64.4 Å². The van der Waals surface area contributed by atoms with Gasteiger partial charge < -0.3 is 4.90 Å². The number of sulfonamides is 1. The Morgan fingerprint density at radius 2 is 1.76 bits per heavy atom. The fourth-order valence-electron chi connectivity index (χ4n) is 2.29. The van der Waals surface area contributed by atoms with E-state index in [-0.39, 0.29) is 11.4 Å². The van der Waals surface area contributed by atoms with E-state index >= 15 is 0 Å². The molecule has 0 amide bonds. The molecule has 0 bridgehead atoms. The molecule has 0 aliphatic rings. The van der Waals surface area contributed by atoms with Crippen LogP contribution in [0.4, 0.5) is 0 Å². The predicted octanol–water partition coefficient (Wildman–Crippen LogP) is 2.96. The lowest BCUT2D eigenvalue weighted by Crippen LogP contribution is -2.36. The molecule has 0 fully saturated rings. The van der Waals surface area contributed by atoms with Crippen LogP contribution in [0.1, 0.15) is 11.1 Å². The van der Waals surface area contributed by atoms with Crippen LogP contribution in [-0.4, -0.2) is 44.8 Å². The Labute approximate surface area is 154 Å². The second-order valence-corrected chi connectivity index (χ2v) is 8.28. The van der Waals surface area contributed by atoms with Crippen molar-refractivity contribution in [2.75, 3.05) is 27.2 Å². The molecule has 25 heavy (non-hydrogen) atoms. The number of benzene rings is 2. The van der Waals surface area contributed by atoms with Crippen LogP contribution in [0.5, 0.6) is 0 Å². The van der Waals surface area contributed by atoms with Crippen LogP contribution >= 0.6 is 11.6 Å². The van der Waals surface area contributed by atoms with Crippen molar-refractivity contribution in [2.24, 2.45) is 0 Å². The van der Waals surface area contributed by atoms with Gasteiger partial charge in [-0.2, -0.15) is 9.57 Å². The number of rotatable bonds is 7. The van der Waals surface area contributed by atoms with E-state index in [0.29, 0.717) is 23.7 Å². The van der Waals surface area contributed by atoms with E-state index in [4.69, 9.17) is 16.9 Å². The molecule has 2 aromatic rings. The largest absolute Gasteiger partial charge is 0.308 e. The molecule has 0 aliphatic carbocycles. The molecular formula is C18H20ClN3O2S. The lowest BCUT2D eigenvalue weighted by atomic mass is 10.1. The number of hydrogen-bond acceptors (Lipinski definition) is 4. The molecule has 0 saturated heterocycles. The summed E-state index contributed by atoms with van der Waals surface area (Å²) in [6.45, 7) is 1.13. The average molecular weight is 378 g/mol. The van der Waals surface area contributed by atoms with E-state index in [1.54, 1.807) is 30.3 Å². The van der Waals surface area contributed by atoms with Crippen LogP contribution in [0, 0.1) is 11.3 Å². The van der Waals surface area contributed by atoms with Crippen molar-refractivity contribution in [3.63, 3.8) is 0 Å².